The van der Waals surface area contributed by atoms with Crippen molar-refractivity contribution >= 4 is 23.1 Å². The minimum atomic E-state index is -0.423. The fourth-order valence-corrected chi connectivity index (χ4v) is 3.65. The van der Waals surface area contributed by atoms with Gasteiger partial charge in [-0.15, -0.1) is 0 Å². The van der Waals surface area contributed by atoms with Crippen LogP contribution in [0.2, 0.25) is 0 Å². The number of anilines is 1. The van der Waals surface area contributed by atoms with E-state index in [-0.39, 0.29) is 0 Å². The van der Waals surface area contributed by atoms with E-state index in [1.807, 2.05) is 72.5 Å². The van der Waals surface area contributed by atoms with Crippen molar-refractivity contribution < 1.29 is 14.0 Å². The van der Waals surface area contributed by atoms with Gasteiger partial charge in [0.2, 0.25) is 0 Å². The van der Waals surface area contributed by atoms with E-state index in [1.165, 1.54) is 24.3 Å². The third-order valence-corrected chi connectivity index (χ3v) is 5.12. The van der Waals surface area contributed by atoms with Crippen molar-refractivity contribution in [1.29, 1.82) is 0 Å². The van der Waals surface area contributed by atoms with Crippen LogP contribution in [0.3, 0.4) is 0 Å². The molecule has 0 aliphatic carbocycles. The van der Waals surface area contributed by atoms with E-state index in [2.05, 4.69) is 0 Å². The number of carbonyl (C=O) groups is 2. The van der Waals surface area contributed by atoms with Gasteiger partial charge in [0.15, 0.2) is 0 Å². The van der Waals surface area contributed by atoms with Crippen molar-refractivity contribution in [2.75, 3.05) is 11.4 Å². The molecule has 3 aromatic carbocycles. The standard InChI is InChI=1S/C25H21FN2O2/c1-2-27(17-18-9-5-3-6-10-18)23-22(19-11-7-4-8-12-19)24(29)28(25(23)30)21-15-13-20(26)14-16-21/h3-16H,2,17H2,1H3. The Morgan fingerprint density at radius 3 is 2.00 bits per heavy atom. The zero-order chi connectivity index (χ0) is 21.1. The highest BCUT2D eigenvalue weighted by molar-refractivity contribution is 6.45. The van der Waals surface area contributed by atoms with E-state index in [0.717, 1.165) is 10.5 Å². The Bertz CT molecular complexity index is 1090. The highest BCUT2D eigenvalue weighted by atomic mass is 19.1. The molecule has 0 bridgehead atoms. The molecule has 0 unspecified atom stereocenters. The lowest BCUT2D eigenvalue weighted by Gasteiger charge is -2.25. The minimum Gasteiger partial charge on any atom is -0.362 e. The summed E-state index contributed by atoms with van der Waals surface area (Å²) < 4.78 is 13.4. The van der Waals surface area contributed by atoms with Crippen LogP contribution in [0.25, 0.3) is 5.57 Å². The van der Waals surface area contributed by atoms with Crippen LogP contribution >= 0.6 is 0 Å². The van der Waals surface area contributed by atoms with Gasteiger partial charge < -0.3 is 4.90 Å². The monoisotopic (exact) mass is 400 g/mol. The first kappa shape index (κ1) is 19.6. The number of hydrogen-bond acceptors (Lipinski definition) is 3. The van der Waals surface area contributed by atoms with Crippen molar-refractivity contribution in [3.05, 3.63) is 108 Å². The van der Waals surface area contributed by atoms with Gasteiger partial charge in [-0.3, -0.25) is 9.59 Å². The molecule has 150 valence electrons. The number of carbonyl (C=O) groups excluding carboxylic acids is 2. The summed E-state index contributed by atoms with van der Waals surface area (Å²) in [7, 11) is 0. The molecule has 0 atom stereocenters. The van der Waals surface area contributed by atoms with E-state index in [4.69, 9.17) is 0 Å². The molecule has 0 N–H and O–H groups in total. The lowest BCUT2D eigenvalue weighted by atomic mass is 10.0. The average Bonchev–Trinajstić information content (AvgIpc) is 3.04. The maximum atomic E-state index is 13.5. The summed E-state index contributed by atoms with van der Waals surface area (Å²) in [6, 6.07) is 24.4. The second-order valence-electron chi connectivity index (χ2n) is 7.01. The van der Waals surface area contributed by atoms with Gasteiger partial charge in [-0.1, -0.05) is 60.7 Å². The molecular weight excluding hydrogens is 379 g/mol. The van der Waals surface area contributed by atoms with E-state index >= 15 is 0 Å². The lowest BCUT2D eigenvalue weighted by Crippen LogP contribution is -2.35. The molecular formula is C25H21FN2O2. The highest BCUT2D eigenvalue weighted by Crippen LogP contribution is 2.35. The summed E-state index contributed by atoms with van der Waals surface area (Å²) in [6.07, 6.45) is 0. The molecule has 4 rings (SSSR count). The number of imide groups is 1. The number of rotatable bonds is 6. The topological polar surface area (TPSA) is 40.6 Å². The van der Waals surface area contributed by atoms with Gasteiger partial charge in [0.25, 0.3) is 11.8 Å². The van der Waals surface area contributed by atoms with E-state index in [9.17, 15) is 14.0 Å². The molecule has 0 aromatic heterocycles. The molecule has 0 saturated heterocycles. The quantitative estimate of drug-likeness (QED) is 0.567. The number of likely N-dealkylation sites (N-methyl/N-ethyl adjacent to an activating group) is 1. The second-order valence-corrected chi connectivity index (χ2v) is 7.01. The van der Waals surface area contributed by atoms with Crippen LogP contribution < -0.4 is 4.90 Å². The second kappa shape index (κ2) is 8.33. The molecule has 3 aromatic rings. The highest BCUT2D eigenvalue weighted by Gasteiger charge is 2.42. The fourth-order valence-electron chi connectivity index (χ4n) is 3.65. The summed E-state index contributed by atoms with van der Waals surface area (Å²) >= 11 is 0. The van der Waals surface area contributed by atoms with E-state index in [1.54, 1.807) is 0 Å². The Labute approximate surface area is 174 Å². The molecule has 0 spiro atoms. The first-order chi connectivity index (χ1) is 14.6. The number of nitrogens with zero attached hydrogens (tertiary/aromatic N) is 2. The van der Waals surface area contributed by atoms with Crippen LogP contribution in [0.1, 0.15) is 18.1 Å². The van der Waals surface area contributed by atoms with Crippen molar-refractivity contribution in [3.63, 3.8) is 0 Å². The molecule has 4 nitrogen and oxygen atoms in total. The maximum Gasteiger partial charge on any atom is 0.282 e. The van der Waals surface area contributed by atoms with Crippen molar-refractivity contribution in [2.24, 2.45) is 0 Å². The van der Waals surface area contributed by atoms with Gasteiger partial charge >= 0.3 is 0 Å². The van der Waals surface area contributed by atoms with Crippen molar-refractivity contribution in [2.45, 2.75) is 13.5 Å². The molecule has 1 aliphatic heterocycles. The smallest absolute Gasteiger partial charge is 0.282 e. The van der Waals surface area contributed by atoms with Gasteiger partial charge in [0.1, 0.15) is 11.5 Å². The van der Waals surface area contributed by atoms with Crippen LogP contribution in [-0.4, -0.2) is 23.3 Å². The minimum absolute atomic E-state index is 0.352. The Kier molecular flexibility index (Phi) is 5.44. The Morgan fingerprint density at radius 1 is 0.800 bits per heavy atom. The first-order valence-electron chi connectivity index (χ1n) is 9.83. The summed E-state index contributed by atoms with van der Waals surface area (Å²) in [6.45, 7) is 3.01. The lowest BCUT2D eigenvalue weighted by molar-refractivity contribution is -0.120. The zero-order valence-corrected chi connectivity index (χ0v) is 16.6. The van der Waals surface area contributed by atoms with Crippen molar-refractivity contribution in [1.82, 2.24) is 4.90 Å². The summed E-state index contributed by atoms with van der Waals surface area (Å²) in [4.78, 5) is 29.9. The van der Waals surface area contributed by atoms with Crippen molar-refractivity contribution in [3.8, 4) is 0 Å². The van der Waals surface area contributed by atoms with Gasteiger partial charge in [-0.05, 0) is 42.3 Å². The third kappa shape index (κ3) is 3.62. The molecule has 0 saturated carbocycles. The Hall–Kier alpha value is -3.73. The maximum absolute atomic E-state index is 13.5. The molecule has 0 fully saturated rings. The molecule has 30 heavy (non-hydrogen) atoms. The Balaban J connectivity index is 1.81. The summed E-state index contributed by atoms with van der Waals surface area (Å²) in [5.74, 6) is -1.23. The first-order valence-corrected chi connectivity index (χ1v) is 9.83. The number of benzene rings is 3. The summed E-state index contributed by atoms with van der Waals surface area (Å²) in [5.41, 5.74) is 2.80. The average molecular weight is 400 g/mol. The molecule has 5 heteroatoms. The molecule has 0 radical (unpaired) electrons. The van der Waals surface area contributed by atoms with Crippen LogP contribution in [0.4, 0.5) is 10.1 Å². The fraction of sp³-hybridized carbons (Fsp3) is 0.120. The molecule has 2 amide bonds. The largest absolute Gasteiger partial charge is 0.362 e. The number of hydrogen-bond donors (Lipinski definition) is 0. The van der Waals surface area contributed by atoms with Gasteiger partial charge in [0.05, 0.1) is 11.3 Å². The van der Waals surface area contributed by atoms with E-state index in [0.29, 0.717) is 35.6 Å². The molecule has 1 heterocycles. The number of halogens is 1. The van der Waals surface area contributed by atoms with Crippen LogP contribution in [0.5, 0.6) is 0 Å². The third-order valence-electron chi connectivity index (χ3n) is 5.12. The van der Waals surface area contributed by atoms with Gasteiger partial charge in [-0.2, -0.15) is 0 Å². The van der Waals surface area contributed by atoms with Crippen LogP contribution in [-0.2, 0) is 16.1 Å². The van der Waals surface area contributed by atoms with Crippen LogP contribution in [0, 0.1) is 5.82 Å². The normalized spacial score (nSPS) is 13.9. The summed E-state index contributed by atoms with van der Waals surface area (Å²) in [5, 5.41) is 0. The SMILES string of the molecule is CCN(Cc1ccccc1)C1=C(c2ccccc2)C(=O)N(c2ccc(F)cc2)C1=O. The zero-order valence-electron chi connectivity index (χ0n) is 16.6. The Morgan fingerprint density at radius 2 is 1.40 bits per heavy atom. The van der Waals surface area contributed by atoms with E-state index < -0.39 is 17.6 Å². The predicted molar refractivity (Wildman–Crippen MR) is 115 cm³/mol. The number of amides is 2. The predicted octanol–water partition coefficient (Wildman–Crippen LogP) is 4.63. The molecule has 1 aliphatic rings. The van der Waals surface area contributed by atoms with Gasteiger partial charge in [0, 0.05) is 13.1 Å². The van der Waals surface area contributed by atoms with Crippen LogP contribution in [0.15, 0.2) is 90.6 Å². The van der Waals surface area contributed by atoms with Gasteiger partial charge in [-0.25, -0.2) is 9.29 Å².